The number of benzene rings is 2. The topological polar surface area (TPSA) is 100 Å². The molecule has 3 aliphatic rings. The lowest BCUT2D eigenvalue weighted by Gasteiger charge is -2.34. The third-order valence-electron chi connectivity index (χ3n) is 7.45. The number of nitrogens with one attached hydrogen (secondary N) is 2. The van der Waals surface area contributed by atoms with Crippen molar-refractivity contribution in [2.75, 3.05) is 33.2 Å². The van der Waals surface area contributed by atoms with E-state index in [0.29, 0.717) is 5.71 Å². The lowest BCUT2D eigenvalue weighted by molar-refractivity contribution is -0.130. The van der Waals surface area contributed by atoms with Gasteiger partial charge in [0.1, 0.15) is 18.0 Å². The summed E-state index contributed by atoms with van der Waals surface area (Å²) in [6.07, 6.45) is -0.778. The van der Waals surface area contributed by atoms with E-state index in [1.165, 1.54) is 16.7 Å². The van der Waals surface area contributed by atoms with E-state index in [-0.39, 0.29) is 11.9 Å². The van der Waals surface area contributed by atoms with Gasteiger partial charge in [-0.05, 0) is 28.8 Å². The van der Waals surface area contributed by atoms with Crippen molar-refractivity contribution in [2.24, 2.45) is 5.10 Å². The molecular weight excluding hydrogens is 442 g/mol. The number of imidazole rings is 1. The summed E-state index contributed by atoms with van der Waals surface area (Å²) in [4.78, 5) is 24.0. The molecule has 0 spiro atoms. The number of carbonyl (C=O) groups excluding carboxylic acids is 1. The zero-order valence-electron chi connectivity index (χ0n) is 20.2. The molecule has 0 aliphatic carbocycles. The van der Waals surface area contributed by atoms with Crippen molar-refractivity contribution in [3.8, 4) is 0 Å². The zero-order valence-corrected chi connectivity index (χ0v) is 20.2. The summed E-state index contributed by atoms with van der Waals surface area (Å²) >= 11 is 0. The lowest BCUT2D eigenvalue weighted by atomic mass is 9.99. The van der Waals surface area contributed by atoms with E-state index in [1.54, 1.807) is 11.9 Å². The predicted molar refractivity (Wildman–Crippen MR) is 134 cm³/mol. The summed E-state index contributed by atoms with van der Waals surface area (Å²) in [5.41, 5.74) is 7.28. The summed E-state index contributed by atoms with van der Waals surface area (Å²) in [7, 11) is 1.88. The first-order valence-electron chi connectivity index (χ1n) is 12.2. The average Bonchev–Trinajstić information content (AvgIpc) is 3.54. The molecule has 0 saturated carbocycles. The maximum absolute atomic E-state index is 11.5. The van der Waals surface area contributed by atoms with Crippen LogP contribution in [0.5, 0.6) is 0 Å². The first kappa shape index (κ1) is 22.2. The standard InChI is InChI=1S/C26H31N7O2/c1-16(34)33-9-7-32(8-10-33)15-17-3-5-18(6-4-17)23-25(35)24(31(2)30-23)26-28-21-11-19-13-27-14-20(19)12-22(21)29-26/h3-6,11-12,24-25,27,35H,7-10,13-15H2,1-2H3,(H,28,29). The van der Waals surface area contributed by atoms with Crippen molar-refractivity contribution >= 4 is 22.7 Å². The van der Waals surface area contributed by atoms with Crippen LogP contribution in [0, 0.1) is 0 Å². The second-order valence-electron chi connectivity index (χ2n) is 9.79. The van der Waals surface area contributed by atoms with Gasteiger partial charge in [0.25, 0.3) is 0 Å². The van der Waals surface area contributed by atoms with Crippen molar-refractivity contribution < 1.29 is 9.90 Å². The van der Waals surface area contributed by atoms with Crippen molar-refractivity contribution in [3.63, 3.8) is 0 Å². The quantitative estimate of drug-likeness (QED) is 0.532. The van der Waals surface area contributed by atoms with Gasteiger partial charge >= 0.3 is 0 Å². The zero-order chi connectivity index (χ0) is 24.1. The number of piperazine rings is 1. The number of aromatic nitrogens is 2. The molecule has 2 unspecified atom stereocenters. The third-order valence-corrected chi connectivity index (χ3v) is 7.45. The minimum atomic E-state index is -0.778. The SMILES string of the molecule is CC(=O)N1CCN(Cc2ccc(C3=NN(C)C(c4nc5cc6c(cc5[nH]4)CNC6)C3O)cc2)CC1. The molecule has 0 radical (unpaired) electrons. The molecule has 1 fully saturated rings. The predicted octanol–water partition coefficient (Wildman–Crippen LogP) is 1.58. The van der Waals surface area contributed by atoms with E-state index < -0.39 is 6.10 Å². The number of carbonyl (C=O) groups is 1. The largest absolute Gasteiger partial charge is 0.384 e. The van der Waals surface area contributed by atoms with E-state index in [2.05, 4.69) is 44.6 Å². The van der Waals surface area contributed by atoms with E-state index in [0.717, 1.165) is 68.2 Å². The molecule has 1 saturated heterocycles. The van der Waals surface area contributed by atoms with Gasteiger partial charge in [0.2, 0.25) is 5.91 Å². The molecule has 9 heteroatoms. The number of hydrogen-bond acceptors (Lipinski definition) is 7. The minimum absolute atomic E-state index is 0.150. The highest BCUT2D eigenvalue weighted by Crippen LogP contribution is 2.32. The Morgan fingerprint density at radius 3 is 2.51 bits per heavy atom. The van der Waals surface area contributed by atoms with Crippen LogP contribution >= 0.6 is 0 Å². The van der Waals surface area contributed by atoms with Crippen LogP contribution in [0.25, 0.3) is 11.0 Å². The third kappa shape index (κ3) is 4.09. The Balaban J connectivity index is 1.15. The molecule has 6 rings (SSSR count). The molecule has 3 aromatic rings. The van der Waals surface area contributed by atoms with Crippen LogP contribution in [0.15, 0.2) is 41.5 Å². The number of aromatic amines is 1. The second-order valence-corrected chi connectivity index (χ2v) is 9.79. The van der Waals surface area contributed by atoms with Crippen LogP contribution in [0.4, 0.5) is 0 Å². The average molecular weight is 474 g/mol. The van der Waals surface area contributed by atoms with Gasteiger partial charge in [-0.1, -0.05) is 24.3 Å². The van der Waals surface area contributed by atoms with Crippen LogP contribution < -0.4 is 5.32 Å². The molecule has 1 amide bonds. The number of nitrogens with zero attached hydrogens (tertiary/aromatic N) is 5. The Labute approximate surface area is 204 Å². The fraction of sp³-hybridized carbons (Fsp3) is 0.423. The molecule has 3 aliphatic heterocycles. The van der Waals surface area contributed by atoms with Crippen molar-refractivity contribution in [2.45, 2.75) is 38.7 Å². The normalized spacial score (nSPS) is 22.7. The molecule has 2 aromatic carbocycles. The maximum Gasteiger partial charge on any atom is 0.219 e. The van der Waals surface area contributed by atoms with Crippen LogP contribution in [0.3, 0.4) is 0 Å². The molecule has 2 atom stereocenters. The molecule has 182 valence electrons. The fourth-order valence-electron chi connectivity index (χ4n) is 5.43. The first-order chi connectivity index (χ1) is 17.0. The van der Waals surface area contributed by atoms with Gasteiger partial charge in [-0.2, -0.15) is 5.10 Å². The summed E-state index contributed by atoms with van der Waals surface area (Å²) in [6.45, 7) is 7.57. The summed E-state index contributed by atoms with van der Waals surface area (Å²) < 4.78 is 0. The van der Waals surface area contributed by atoms with Crippen LogP contribution in [-0.4, -0.2) is 80.8 Å². The summed E-state index contributed by atoms with van der Waals surface area (Å²) in [5, 5.41) is 21.1. The van der Waals surface area contributed by atoms with Crippen LogP contribution in [0.2, 0.25) is 0 Å². The van der Waals surface area contributed by atoms with E-state index >= 15 is 0 Å². The minimum Gasteiger partial charge on any atom is -0.384 e. The number of rotatable bonds is 4. The Kier molecular flexibility index (Phi) is 5.55. The lowest BCUT2D eigenvalue weighted by Crippen LogP contribution is -2.47. The fourth-order valence-corrected chi connectivity index (χ4v) is 5.43. The van der Waals surface area contributed by atoms with Crippen molar-refractivity contribution in [1.82, 2.24) is 30.1 Å². The summed E-state index contributed by atoms with van der Waals surface area (Å²) in [5.74, 6) is 0.878. The molecule has 1 aromatic heterocycles. The van der Waals surface area contributed by atoms with Crippen LogP contribution in [-0.2, 0) is 24.4 Å². The van der Waals surface area contributed by atoms with Gasteiger partial charge in [-0.3, -0.25) is 14.7 Å². The summed E-state index contributed by atoms with van der Waals surface area (Å²) in [6, 6.07) is 12.2. The number of aliphatic hydroxyl groups excluding tert-OH is 1. The second kappa shape index (κ2) is 8.75. The van der Waals surface area contributed by atoms with E-state index in [4.69, 9.17) is 4.98 Å². The number of aliphatic hydroxyl groups is 1. The Hall–Kier alpha value is -3.27. The van der Waals surface area contributed by atoms with Crippen molar-refractivity contribution in [3.05, 3.63) is 64.5 Å². The van der Waals surface area contributed by atoms with Gasteiger partial charge < -0.3 is 20.3 Å². The Morgan fingerprint density at radius 2 is 1.80 bits per heavy atom. The van der Waals surface area contributed by atoms with Crippen LogP contribution in [0.1, 0.15) is 41.0 Å². The molecule has 35 heavy (non-hydrogen) atoms. The molecule has 4 heterocycles. The number of likely N-dealkylation sites (N-methyl/N-ethyl adjacent to an activating group) is 1. The number of H-pyrrole nitrogens is 1. The smallest absolute Gasteiger partial charge is 0.219 e. The van der Waals surface area contributed by atoms with Gasteiger partial charge in [0, 0.05) is 65.3 Å². The van der Waals surface area contributed by atoms with Crippen molar-refractivity contribution in [1.29, 1.82) is 0 Å². The van der Waals surface area contributed by atoms with Gasteiger partial charge in [0.15, 0.2) is 0 Å². The molecule has 9 nitrogen and oxygen atoms in total. The number of hydrazone groups is 1. The van der Waals surface area contributed by atoms with Gasteiger partial charge in [0.05, 0.1) is 16.7 Å². The van der Waals surface area contributed by atoms with E-state index in [1.807, 2.05) is 24.1 Å². The highest BCUT2D eigenvalue weighted by Gasteiger charge is 2.38. The molecule has 0 bridgehead atoms. The monoisotopic (exact) mass is 473 g/mol. The number of amides is 1. The van der Waals surface area contributed by atoms with Gasteiger partial charge in [-0.15, -0.1) is 0 Å². The number of fused-ring (bicyclic) bond motifs is 2. The highest BCUT2D eigenvalue weighted by molar-refractivity contribution is 6.05. The molecular formula is C26H31N7O2. The maximum atomic E-state index is 11.5. The Morgan fingerprint density at radius 1 is 1.09 bits per heavy atom. The van der Waals surface area contributed by atoms with Gasteiger partial charge in [-0.25, -0.2) is 4.98 Å². The highest BCUT2D eigenvalue weighted by atomic mass is 16.3. The Bertz CT molecular complexity index is 1250. The van der Waals surface area contributed by atoms with E-state index in [9.17, 15) is 9.90 Å². The first-order valence-corrected chi connectivity index (χ1v) is 12.2. The number of hydrogen-bond donors (Lipinski definition) is 3. The molecule has 3 N–H and O–H groups in total.